The number of amides is 2. The number of hydrogen-bond acceptors (Lipinski definition) is 5. The number of ether oxygens (including phenoxy) is 1. The minimum absolute atomic E-state index is 0.0353. The molecule has 0 saturated carbocycles. The molecule has 0 heterocycles. The minimum Gasteiger partial charge on any atom is -0.497 e. The Morgan fingerprint density at radius 3 is 2.10 bits per heavy atom. The molecular weight excluding hydrogens is 557 g/mol. The summed E-state index contributed by atoms with van der Waals surface area (Å²) >= 11 is 6.04. The van der Waals surface area contributed by atoms with Gasteiger partial charge in [0.25, 0.3) is 10.0 Å². The standard InChI is InChI=1S/C29H33ClFN3O5S/c1-20(2)17-32-29(36)21(3)33(18-22-5-9-24(31)10-6-22)28(35)19-34(25-11-7-23(30)8-12-25)40(37,38)27-15-13-26(39-4)14-16-27/h5-16,20-21H,17-19H2,1-4H3,(H,32,36). The Morgan fingerprint density at radius 2 is 1.55 bits per heavy atom. The van der Waals surface area contributed by atoms with Crippen LogP contribution in [0.15, 0.2) is 77.7 Å². The molecule has 2 amide bonds. The van der Waals surface area contributed by atoms with Crippen molar-refractivity contribution < 1.29 is 27.1 Å². The average molecular weight is 590 g/mol. The zero-order chi connectivity index (χ0) is 29.4. The Kier molecular flexibility index (Phi) is 10.5. The van der Waals surface area contributed by atoms with E-state index in [1.165, 1.54) is 84.8 Å². The molecule has 0 saturated heterocycles. The monoisotopic (exact) mass is 589 g/mol. The zero-order valence-electron chi connectivity index (χ0n) is 22.8. The normalized spacial score (nSPS) is 12.1. The van der Waals surface area contributed by atoms with E-state index in [4.69, 9.17) is 16.3 Å². The molecule has 0 aliphatic heterocycles. The quantitative estimate of drug-likeness (QED) is 0.325. The van der Waals surface area contributed by atoms with E-state index in [0.29, 0.717) is 22.9 Å². The van der Waals surface area contributed by atoms with E-state index in [0.717, 1.165) is 4.31 Å². The summed E-state index contributed by atoms with van der Waals surface area (Å²) in [5, 5.41) is 3.21. The number of rotatable bonds is 12. The molecule has 0 fully saturated rings. The summed E-state index contributed by atoms with van der Waals surface area (Å²) in [4.78, 5) is 28.1. The van der Waals surface area contributed by atoms with E-state index >= 15 is 0 Å². The molecule has 0 aliphatic carbocycles. The largest absolute Gasteiger partial charge is 0.497 e. The van der Waals surface area contributed by atoms with E-state index < -0.39 is 34.3 Å². The smallest absolute Gasteiger partial charge is 0.264 e. The van der Waals surface area contributed by atoms with E-state index in [1.807, 2.05) is 13.8 Å². The molecule has 3 aromatic rings. The van der Waals surface area contributed by atoms with E-state index in [9.17, 15) is 22.4 Å². The molecule has 0 bridgehead atoms. The summed E-state index contributed by atoms with van der Waals surface area (Å²) in [6.07, 6.45) is 0. The lowest BCUT2D eigenvalue weighted by Crippen LogP contribution is -2.51. The van der Waals surface area contributed by atoms with Gasteiger partial charge in [0.1, 0.15) is 24.2 Å². The van der Waals surface area contributed by atoms with Crippen LogP contribution in [0.2, 0.25) is 5.02 Å². The number of methoxy groups -OCH3 is 1. The Hall–Kier alpha value is -3.63. The first-order valence-electron chi connectivity index (χ1n) is 12.7. The van der Waals surface area contributed by atoms with Crippen LogP contribution in [0.25, 0.3) is 0 Å². The number of carbonyl (C=O) groups excluding carboxylic acids is 2. The second-order valence-corrected chi connectivity index (χ2v) is 11.9. The van der Waals surface area contributed by atoms with Gasteiger partial charge >= 0.3 is 0 Å². The molecule has 0 aromatic heterocycles. The van der Waals surface area contributed by atoms with Gasteiger partial charge in [0.2, 0.25) is 11.8 Å². The van der Waals surface area contributed by atoms with Crippen molar-refractivity contribution in [3.63, 3.8) is 0 Å². The Labute approximate surface area is 239 Å². The van der Waals surface area contributed by atoms with Gasteiger partial charge in [-0.1, -0.05) is 37.6 Å². The molecule has 1 atom stereocenters. The van der Waals surface area contributed by atoms with Crippen molar-refractivity contribution >= 4 is 39.1 Å². The summed E-state index contributed by atoms with van der Waals surface area (Å²) in [5.41, 5.74) is 0.793. The summed E-state index contributed by atoms with van der Waals surface area (Å²) in [6, 6.07) is 16.5. The second-order valence-electron chi connectivity index (χ2n) is 9.63. The van der Waals surface area contributed by atoms with Crippen LogP contribution in [0.1, 0.15) is 26.3 Å². The van der Waals surface area contributed by atoms with Crippen LogP contribution in [0, 0.1) is 11.7 Å². The third-order valence-electron chi connectivity index (χ3n) is 6.16. The Balaban J connectivity index is 2.00. The lowest BCUT2D eigenvalue weighted by atomic mass is 10.1. The van der Waals surface area contributed by atoms with Gasteiger partial charge in [-0.3, -0.25) is 13.9 Å². The third-order valence-corrected chi connectivity index (χ3v) is 8.20. The molecule has 3 aromatic carbocycles. The van der Waals surface area contributed by atoms with Gasteiger partial charge in [0.15, 0.2) is 0 Å². The van der Waals surface area contributed by atoms with E-state index in [1.54, 1.807) is 6.92 Å². The van der Waals surface area contributed by atoms with Crippen LogP contribution >= 0.6 is 11.6 Å². The highest BCUT2D eigenvalue weighted by Crippen LogP contribution is 2.27. The van der Waals surface area contributed by atoms with Crippen LogP contribution < -0.4 is 14.4 Å². The second kappa shape index (κ2) is 13.6. The van der Waals surface area contributed by atoms with Gasteiger partial charge in [-0.25, -0.2) is 12.8 Å². The minimum atomic E-state index is -4.23. The van der Waals surface area contributed by atoms with Gasteiger partial charge in [0, 0.05) is 18.1 Å². The first kappa shape index (κ1) is 30.9. The van der Waals surface area contributed by atoms with Gasteiger partial charge in [-0.2, -0.15) is 0 Å². The Morgan fingerprint density at radius 1 is 0.950 bits per heavy atom. The predicted molar refractivity (Wildman–Crippen MR) is 153 cm³/mol. The topological polar surface area (TPSA) is 96.0 Å². The number of carbonyl (C=O) groups is 2. The number of anilines is 1. The van der Waals surface area contributed by atoms with Crippen molar-refractivity contribution in [2.45, 2.75) is 38.3 Å². The highest BCUT2D eigenvalue weighted by molar-refractivity contribution is 7.92. The molecule has 3 rings (SSSR count). The Bertz CT molecular complexity index is 1400. The molecule has 0 radical (unpaired) electrons. The number of benzene rings is 3. The summed E-state index contributed by atoms with van der Waals surface area (Å²) in [5.74, 6) is -0.792. The summed E-state index contributed by atoms with van der Waals surface area (Å²) < 4.78 is 47.3. The van der Waals surface area contributed by atoms with Crippen LogP contribution in [-0.2, 0) is 26.2 Å². The van der Waals surface area contributed by atoms with Crippen molar-refractivity contribution in [2.75, 3.05) is 24.5 Å². The third kappa shape index (κ3) is 7.95. The van der Waals surface area contributed by atoms with Crippen molar-refractivity contribution in [3.8, 4) is 5.75 Å². The van der Waals surface area contributed by atoms with E-state index in [2.05, 4.69) is 5.32 Å². The van der Waals surface area contributed by atoms with Gasteiger partial charge in [-0.05, 0) is 79.1 Å². The van der Waals surface area contributed by atoms with Crippen molar-refractivity contribution in [1.29, 1.82) is 0 Å². The van der Waals surface area contributed by atoms with Gasteiger partial charge in [0.05, 0.1) is 17.7 Å². The number of sulfonamides is 1. The maximum atomic E-state index is 13.8. The molecule has 11 heteroatoms. The fraction of sp³-hybridized carbons (Fsp3) is 0.310. The highest BCUT2D eigenvalue weighted by Gasteiger charge is 2.32. The lowest BCUT2D eigenvalue weighted by molar-refractivity contribution is -0.139. The molecule has 8 nitrogen and oxygen atoms in total. The number of nitrogens with zero attached hydrogens (tertiary/aromatic N) is 2. The van der Waals surface area contributed by atoms with Crippen molar-refractivity contribution in [1.82, 2.24) is 10.2 Å². The molecule has 214 valence electrons. The number of halogens is 2. The lowest BCUT2D eigenvalue weighted by Gasteiger charge is -2.32. The van der Waals surface area contributed by atoms with E-state index in [-0.39, 0.29) is 29.0 Å². The molecule has 0 aliphatic rings. The first-order chi connectivity index (χ1) is 18.9. The fourth-order valence-electron chi connectivity index (χ4n) is 3.83. The fourth-order valence-corrected chi connectivity index (χ4v) is 5.37. The molecular formula is C29H33ClFN3O5S. The SMILES string of the molecule is COc1ccc(S(=O)(=O)N(CC(=O)N(Cc2ccc(F)cc2)C(C)C(=O)NCC(C)C)c2ccc(Cl)cc2)cc1. The van der Waals surface area contributed by atoms with Gasteiger partial charge in [-0.15, -0.1) is 0 Å². The summed E-state index contributed by atoms with van der Waals surface area (Å²) in [7, 11) is -2.76. The zero-order valence-corrected chi connectivity index (χ0v) is 24.4. The van der Waals surface area contributed by atoms with Crippen LogP contribution in [0.3, 0.4) is 0 Å². The van der Waals surface area contributed by atoms with Crippen LogP contribution in [-0.4, -0.2) is 51.4 Å². The highest BCUT2D eigenvalue weighted by atomic mass is 35.5. The van der Waals surface area contributed by atoms with Crippen LogP contribution in [0.4, 0.5) is 10.1 Å². The number of hydrogen-bond donors (Lipinski definition) is 1. The molecule has 1 unspecified atom stereocenters. The van der Waals surface area contributed by atoms with Gasteiger partial charge < -0.3 is 15.0 Å². The first-order valence-corrected chi connectivity index (χ1v) is 14.5. The maximum absolute atomic E-state index is 13.8. The predicted octanol–water partition coefficient (Wildman–Crippen LogP) is 4.87. The molecule has 40 heavy (non-hydrogen) atoms. The van der Waals surface area contributed by atoms with Crippen molar-refractivity contribution in [3.05, 3.63) is 89.2 Å². The molecule has 0 spiro atoms. The van der Waals surface area contributed by atoms with Crippen LogP contribution in [0.5, 0.6) is 5.75 Å². The van der Waals surface area contributed by atoms with Crippen molar-refractivity contribution in [2.24, 2.45) is 5.92 Å². The average Bonchev–Trinajstić information content (AvgIpc) is 2.94. The number of nitrogens with one attached hydrogen (secondary N) is 1. The maximum Gasteiger partial charge on any atom is 0.264 e. The molecule has 1 N–H and O–H groups in total. The summed E-state index contributed by atoms with van der Waals surface area (Å²) in [6.45, 7) is 5.23.